The van der Waals surface area contributed by atoms with Crippen LogP contribution in [0.4, 0.5) is 0 Å². The fraction of sp³-hybridized carbons (Fsp3) is 0. The van der Waals surface area contributed by atoms with Gasteiger partial charge in [-0.25, -0.2) is 9.59 Å². The van der Waals surface area contributed by atoms with Crippen LogP contribution in [-0.4, -0.2) is 32.6 Å². The van der Waals surface area contributed by atoms with Gasteiger partial charge in [0.2, 0.25) is 0 Å². The van der Waals surface area contributed by atoms with Crippen molar-refractivity contribution in [3.63, 3.8) is 0 Å². The predicted octanol–water partition coefficient (Wildman–Crippen LogP) is -0.347. The molecule has 0 aromatic carbocycles. The molecule has 13 heavy (non-hydrogen) atoms. The molecule has 0 unspecified atom stereocenters. The Hall–Kier alpha value is -1.95. The van der Waals surface area contributed by atoms with E-state index in [0.29, 0.717) is 0 Å². The van der Waals surface area contributed by atoms with Crippen molar-refractivity contribution in [3.05, 3.63) is 29.6 Å². The molecule has 0 atom stereocenters. The Morgan fingerprint density at radius 3 is 1.77 bits per heavy atom. The first-order valence-electron chi connectivity index (χ1n) is 3.03. The molecule has 0 aliphatic heterocycles. The van der Waals surface area contributed by atoms with Crippen LogP contribution in [0.5, 0.6) is 0 Å². The van der Waals surface area contributed by atoms with Gasteiger partial charge in [-0.05, 0) is 6.07 Å². The monoisotopic (exact) mass is 185 g/mol. The highest BCUT2D eigenvalue weighted by Crippen LogP contribution is 2.01. The van der Waals surface area contributed by atoms with Crippen LogP contribution in [-0.2, 0) is 0 Å². The number of carbonyl (C=O) groups is 2. The summed E-state index contributed by atoms with van der Waals surface area (Å²) in [5, 5.41) is 16.9. The quantitative estimate of drug-likeness (QED) is 0.652. The number of aromatic nitrogens is 1. The molecule has 6 nitrogen and oxygen atoms in total. The van der Waals surface area contributed by atoms with Crippen molar-refractivity contribution in [3.8, 4) is 0 Å². The molecule has 0 amide bonds. The molecule has 0 spiro atoms. The largest absolute Gasteiger partial charge is 0.478 e. The highest BCUT2D eigenvalue weighted by molar-refractivity contribution is 5.92. The second kappa shape index (κ2) is 4.17. The van der Waals surface area contributed by atoms with E-state index in [-0.39, 0.29) is 16.6 Å². The van der Waals surface area contributed by atoms with Crippen molar-refractivity contribution in [2.75, 3.05) is 0 Å². The first kappa shape index (κ1) is 11.1. The third-order valence-corrected chi connectivity index (χ3v) is 1.23. The highest BCUT2D eigenvalue weighted by Gasteiger charge is 2.07. The lowest BCUT2D eigenvalue weighted by atomic mass is 10.2. The van der Waals surface area contributed by atoms with Crippen LogP contribution >= 0.6 is 0 Å². The van der Waals surface area contributed by atoms with E-state index in [1.165, 1.54) is 0 Å². The second-order valence-electron chi connectivity index (χ2n) is 2.07. The Kier molecular flexibility index (Phi) is 3.54. The van der Waals surface area contributed by atoms with Crippen LogP contribution in [0.15, 0.2) is 18.5 Å². The molecule has 0 radical (unpaired) electrons. The predicted molar refractivity (Wildman–Crippen MR) is 41.8 cm³/mol. The van der Waals surface area contributed by atoms with Gasteiger partial charge in [0, 0.05) is 12.4 Å². The van der Waals surface area contributed by atoms with E-state index in [0.717, 1.165) is 18.5 Å². The average Bonchev–Trinajstić information content (AvgIpc) is 2.04. The second-order valence-corrected chi connectivity index (χ2v) is 2.07. The van der Waals surface area contributed by atoms with Gasteiger partial charge in [-0.3, -0.25) is 4.98 Å². The van der Waals surface area contributed by atoms with Crippen LogP contribution in [0.3, 0.4) is 0 Å². The van der Waals surface area contributed by atoms with Gasteiger partial charge in [0.05, 0.1) is 11.1 Å². The maximum absolute atomic E-state index is 10.3. The Balaban J connectivity index is 0.00000144. The van der Waals surface area contributed by atoms with Crippen LogP contribution in [0.2, 0.25) is 0 Å². The summed E-state index contributed by atoms with van der Waals surface area (Å²) in [5.74, 6) is -2.38. The zero-order valence-electron chi connectivity index (χ0n) is 6.39. The summed E-state index contributed by atoms with van der Waals surface area (Å²) in [7, 11) is 0. The summed E-state index contributed by atoms with van der Waals surface area (Å²) < 4.78 is 0. The fourth-order valence-corrected chi connectivity index (χ4v) is 0.674. The molecule has 0 bridgehead atoms. The molecule has 1 aromatic heterocycles. The molecule has 0 saturated carbocycles. The zero-order valence-corrected chi connectivity index (χ0v) is 6.39. The highest BCUT2D eigenvalue weighted by atomic mass is 16.4. The van der Waals surface area contributed by atoms with Crippen LogP contribution in [0, 0.1) is 0 Å². The van der Waals surface area contributed by atoms with Crippen molar-refractivity contribution in [2.45, 2.75) is 0 Å². The van der Waals surface area contributed by atoms with Gasteiger partial charge in [0.15, 0.2) is 0 Å². The van der Waals surface area contributed by atoms with Crippen LogP contribution in [0.25, 0.3) is 0 Å². The van der Waals surface area contributed by atoms with Gasteiger partial charge >= 0.3 is 11.9 Å². The molecule has 4 N–H and O–H groups in total. The molecular weight excluding hydrogens is 178 g/mol. The summed E-state index contributed by atoms with van der Waals surface area (Å²) in [6, 6.07) is 1.05. The molecule has 1 aromatic rings. The third kappa shape index (κ3) is 2.53. The number of carboxylic acid groups (broad SMARTS) is 2. The topological polar surface area (TPSA) is 119 Å². The molecule has 0 aliphatic carbocycles. The summed E-state index contributed by atoms with van der Waals surface area (Å²) in [5.41, 5.74) is -0.259. The van der Waals surface area contributed by atoms with E-state index in [9.17, 15) is 9.59 Å². The normalized spacial score (nSPS) is 8.62. The van der Waals surface area contributed by atoms with Crippen molar-refractivity contribution in [1.82, 2.24) is 4.98 Å². The zero-order chi connectivity index (χ0) is 9.14. The Labute approximate surface area is 72.8 Å². The molecular formula is C7H7NO5. The Morgan fingerprint density at radius 1 is 1.08 bits per heavy atom. The molecule has 0 saturated heterocycles. The van der Waals surface area contributed by atoms with Gasteiger partial charge in [-0.2, -0.15) is 0 Å². The molecule has 1 heterocycles. The first-order valence-corrected chi connectivity index (χ1v) is 3.03. The minimum atomic E-state index is -1.19. The van der Waals surface area contributed by atoms with E-state index in [4.69, 9.17) is 10.2 Å². The van der Waals surface area contributed by atoms with Crippen molar-refractivity contribution in [1.29, 1.82) is 0 Å². The van der Waals surface area contributed by atoms with E-state index in [1.807, 2.05) is 0 Å². The number of hydrogen-bond donors (Lipinski definition) is 2. The Bertz CT molecular complexity index is 306. The standard InChI is InChI=1S/C7H5NO4.H2O/c9-6(10)4-1-5(7(11)12)3-8-2-4;/h1-3H,(H,9,10)(H,11,12);1H2. The Morgan fingerprint density at radius 2 is 1.46 bits per heavy atom. The maximum Gasteiger partial charge on any atom is 0.337 e. The number of hydrogen-bond acceptors (Lipinski definition) is 3. The maximum atomic E-state index is 10.3. The summed E-state index contributed by atoms with van der Waals surface area (Å²) >= 11 is 0. The summed E-state index contributed by atoms with van der Waals surface area (Å²) in [4.78, 5) is 24.2. The lowest BCUT2D eigenvalue weighted by molar-refractivity contribution is 0.0696. The molecule has 70 valence electrons. The van der Waals surface area contributed by atoms with Gasteiger partial charge in [0.25, 0.3) is 0 Å². The minimum absolute atomic E-state index is 0. The van der Waals surface area contributed by atoms with Crippen LogP contribution in [0.1, 0.15) is 20.7 Å². The minimum Gasteiger partial charge on any atom is -0.478 e. The van der Waals surface area contributed by atoms with E-state index in [1.54, 1.807) is 0 Å². The summed E-state index contributed by atoms with van der Waals surface area (Å²) in [6.45, 7) is 0. The lowest BCUT2D eigenvalue weighted by Gasteiger charge is -1.94. The average molecular weight is 185 g/mol. The summed E-state index contributed by atoms with van der Waals surface area (Å²) in [6.07, 6.45) is 2.18. The van der Waals surface area contributed by atoms with E-state index >= 15 is 0 Å². The van der Waals surface area contributed by atoms with Gasteiger partial charge < -0.3 is 15.7 Å². The van der Waals surface area contributed by atoms with Crippen LogP contribution < -0.4 is 0 Å². The number of pyridine rings is 1. The van der Waals surface area contributed by atoms with Gasteiger partial charge in [-0.1, -0.05) is 0 Å². The van der Waals surface area contributed by atoms with Crippen molar-refractivity contribution < 1.29 is 25.3 Å². The third-order valence-electron chi connectivity index (χ3n) is 1.23. The SMILES string of the molecule is O.O=C(O)c1cncc(C(=O)O)c1. The van der Waals surface area contributed by atoms with Gasteiger partial charge in [0.1, 0.15) is 0 Å². The first-order chi connectivity index (χ1) is 5.61. The number of carboxylic acids is 2. The van der Waals surface area contributed by atoms with Crippen molar-refractivity contribution in [2.24, 2.45) is 0 Å². The molecule has 1 rings (SSSR count). The number of nitrogens with zero attached hydrogens (tertiary/aromatic N) is 1. The number of rotatable bonds is 2. The smallest absolute Gasteiger partial charge is 0.337 e. The fourth-order valence-electron chi connectivity index (χ4n) is 0.674. The van der Waals surface area contributed by atoms with E-state index < -0.39 is 11.9 Å². The van der Waals surface area contributed by atoms with Gasteiger partial charge in [-0.15, -0.1) is 0 Å². The van der Waals surface area contributed by atoms with E-state index in [2.05, 4.69) is 4.98 Å². The molecule has 0 fully saturated rings. The number of aromatic carboxylic acids is 2. The lowest BCUT2D eigenvalue weighted by Crippen LogP contribution is -2.02. The van der Waals surface area contributed by atoms with Crippen molar-refractivity contribution >= 4 is 11.9 Å². The molecule has 0 aliphatic rings. The molecule has 6 heteroatoms.